The van der Waals surface area contributed by atoms with E-state index in [0.717, 1.165) is 12.2 Å². The van der Waals surface area contributed by atoms with Gasteiger partial charge in [0.15, 0.2) is 0 Å². The molecule has 1 atom stereocenters. The quantitative estimate of drug-likeness (QED) is 0.543. The highest BCUT2D eigenvalue weighted by Crippen LogP contribution is 2.24. The van der Waals surface area contributed by atoms with Crippen LogP contribution >= 0.6 is 0 Å². The van der Waals surface area contributed by atoms with Gasteiger partial charge < -0.3 is 4.42 Å². The lowest BCUT2D eigenvalue weighted by atomic mass is 9.94. The largest absolute Gasteiger partial charge is 0.468 e. The Kier molecular flexibility index (Phi) is 4.70. The fraction of sp³-hybridized carbons (Fsp3) is 0.636. The van der Waals surface area contributed by atoms with Crippen LogP contribution in [-0.2, 0) is 0 Å². The first kappa shape index (κ1) is 11.3. The molecule has 3 nitrogen and oxygen atoms in total. The predicted molar refractivity (Wildman–Crippen MR) is 57.5 cm³/mol. The summed E-state index contributed by atoms with van der Waals surface area (Å²) in [5, 5.41) is 0. The van der Waals surface area contributed by atoms with E-state index in [2.05, 4.69) is 19.3 Å². The molecule has 80 valence electrons. The van der Waals surface area contributed by atoms with Crippen LogP contribution in [0.2, 0.25) is 0 Å². The molecule has 0 saturated carbocycles. The minimum absolute atomic E-state index is 0.148. The van der Waals surface area contributed by atoms with Crippen LogP contribution in [0.15, 0.2) is 22.8 Å². The van der Waals surface area contributed by atoms with Crippen LogP contribution < -0.4 is 11.3 Å². The van der Waals surface area contributed by atoms with Crippen molar-refractivity contribution < 1.29 is 4.42 Å². The molecule has 0 bridgehead atoms. The van der Waals surface area contributed by atoms with Crippen LogP contribution in [0.4, 0.5) is 0 Å². The molecule has 0 saturated heterocycles. The van der Waals surface area contributed by atoms with Gasteiger partial charge in [0.25, 0.3) is 0 Å². The van der Waals surface area contributed by atoms with Crippen molar-refractivity contribution in [3.63, 3.8) is 0 Å². The van der Waals surface area contributed by atoms with Crippen molar-refractivity contribution in [1.82, 2.24) is 5.43 Å². The average molecular weight is 196 g/mol. The summed E-state index contributed by atoms with van der Waals surface area (Å²) in [6.07, 6.45) is 5.11. The Labute approximate surface area is 85.6 Å². The molecule has 0 aliphatic heterocycles. The summed E-state index contributed by atoms with van der Waals surface area (Å²) in [7, 11) is 0. The first-order chi connectivity index (χ1) is 6.81. The van der Waals surface area contributed by atoms with Gasteiger partial charge in [0.05, 0.1) is 12.3 Å². The Morgan fingerprint density at radius 3 is 2.57 bits per heavy atom. The second-order valence-corrected chi connectivity index (χ2v) is 3.65. The highest BCUT2D eigenvalue weighted by atomic mass is 16.3. The van der Waals surface area contributed by atoms with E-state index < -0.39 is 0 Å². The van der Waals surface area contributed by atoms with E-state index in [-0.39, 0.29) is 6.04 Å². The van der Waals surface area contributed by atoms with Gasteiger partial charge in [-0.3, -0.25) is 5.84 Å². The van der Waals surface area contributed by atoms with Gasteiger partial charge in [-0.1, -0.05) is 26.7 Å². The topological polar surface area (TPSA) is 51.2 Å². The van der Waals surface area contributed by atoms with Crippen molar-refractivity contribution >= 4 is 0 Å². The van der Waals surface area contributed by atoms with E-state index in [1.807, 2.05) is 12.1 Å². The molecule has 1 unspecified atom stereocenters. The SMILES string of the molecule is CCC(CC)CC(NN)c1ccco1. The van der Waals surface area contributed by atoms with Gasteiger partial charge in [0.2, 0.25) is 0 Å². The first-order valence-corrected chi connectivity index (χ1v) is 5.31. The number of hydrogen-bond acceptors (Lipinski definition) is 3. The molecule has 0 amide bonds. The second kappa shape index (κ2) is 5.83. The van der Waals surface area contributed by atoms with E-state index >= 15 is 0 Å². The molecular formula is C11H20N2O. The zero-order valence-corrected chi connectivity index (χ0v) is 8.99. The molecule has 3 N–H and O–H groups in total. The monoisotopic (exact) mass is 196 g/mol. The zero-order chi connectivity index (χ0) is 10.4. The van der Waals surface area contributed by atoms with E-state index in [1.165, 1.54) is 12.8 Å². The fourth-order valence-corrected chi connectivity index (χ4v) is 1.71. The lowest BCUT2D eigenvalue weighted by Gasteiger charge is -2.19. The van der Waals surface area contributed by atoms with Crippen molar-refractivity contribution in [2.45, 2.75) is 39.2 Å². The number of hydrogen-bond donors (Lipinski definition) is 2. The van der Waals surface area contributed by atoms with Crippen molar-refractivity contribution in [3.8, 4) is 0 Å². The van der Waals surface area contributed by atoms with Gasteiger partial charge >= 0.3 is 0 Å². The summed E-state index contributed by atoms with van der Waals surface area (Å²) in [6, 6.07) is 4.01. The number of nitrogens with one attached hydrogen (secondary N) is 1. The smallest absolute Gasteiger partial charge is 0.122 e. The first-order valence-electron chi connectivity index (χ1n) is 5.31. The molecule has 1 rings (SSSR count). The minimum Gasteiger partial charge on any atom is -0.468 e. The zero-order valence-electron chi connectivity index (χ0n) is 8.99. The summed E-state index contributed by atoms with van der Waals surface area (Å²) >= 11 is 0. The maximum absolute atomic E-state index is 5.51. The highest BCUT2D eigenvalue weighted by Gasteiger charge is 2.16. The minimum atomic E-state index is 0.148. The van der Waals surface area contributed by atoms with E-state index in [4.69, 9.17) is 10.3 Å². The lowest BCUT2D eigenvalue weighted by Crippen LogP contribution is -2.29. The van der Waals surface area contributed by atoms with Crippen molar-refractivity contribution in [3.05, 3.63) is 24.2 Å². The lowest BCUT2D eigenvalue weighted by molar-refractivity contribution is 0.331. The third-order valence-corrected chi connectivity index (χ3v) is 2.81. The maximum atomic E-state index is 5.51. The van der Waals surface area contributed by atoms with Crippen molar-refractivity contribution in [2.75, 3.05) is 0 Å². The van der Waals surface area contributed by atoms with Crippen LogP contribution in [0, 0.1) is 5.92 Å². The van der Waals surface area contributed by atoms with Crippen LogP contribution in [0.1, 0.15) is 44.9 Å². The molecule has 1 aromatic rings. The molecule has 0 aliphatic rings. The summed E-state index contributed by atoms with van der Waals surface area (Å²) in [5.41, 5.74) is 2.81. The molecule has 1 heterocycles. The van der Waals surface area contributed by atoms with Gasteiger partial charge in [-0.05, 0) is 24.5 Å². The summed E-state index contributed by atoms with van der Waals surface area (Å²) in [6.45, 7) is 4.42. The third kappa shape index (κ3) is 2.86. The highest BCUT2D eigenvalue weighted by molar-refractivity contribution is 5.04. The summed E-state index contributed by atoms with van der Waals surface area (Å²) in [5.74, 6) is 7.15. The molecule has 0 aromatic carbocycles. The van der Waals surface area contributed by atoms with Crippen molar-refractivity contribution in [2.24, 2.45) is 11.8 Å². The van der Waals surface area contributed by atoms with Crippen LogP contribution in [0.5, 0.6) is 0 Å². The molecule has 3 heteroatoms. The molecule has 0 radical (unpaired) electrons. The fourth-order valence-electron chi connectivity index (χ4n) is 1.71. The van der Waals surface area contributed by atoms with E-state index in [0.29, 0.717) is 5.92 Å². The maximum Gasteiger partial charge on any atom is 0.122 e. The average Bonchev–Trinajstić information content (AvgIpc) is 2.73. The molecule has 14 heavy (non-hydrogen) atoms. The predicted octanol–water partition coefficient (Wildman–Crippen LogP) is 2.61. The Bertz CT molecular complexity index is 229. The van der Waals surface area contributed by atoms with E-state index in [1.54, 1.807) is 6.26 Å². The van der Waals surface area contributed by atoms with E-state index in [9.17, 15) is 0 Å². The summed E-state index contributed by atoms with van der Waals surface area (Å²) in [4.78, 5) is 0. The Balaban J connectivity index is 2.55. The van der Waals surface area contributed by atoms with Gasteiger partial charge in [-0.2, -0.15) is 0 Å². The number of hydrazine groups is 1. The summed E-state index contributed by atoms with van der Waals surface area (Å²) < 4.78 is 5.33. The van der Waals surface area contributed by atoms with Gasteiger partial charge in [-0.15, -0.1) is 0 Å². The molecule has 1 aromatic heterocycles. The Morgan fingerprint density at radius 1 is 1.43 bits per heavy atom. The van der Waals surface area contributed by atoms with Crippen LogP contribution in [0.25, 0.3) is 0 Å². The molecule has 0 aliphatic carbocycles. The van der Waals surface area contributed by atoms with Crippen LogP contribution in [0.3, 0.4) is 0 Å². The Morgan fingerprint density at radius 2 is 2.14 bits per heavy atom. The normalized spacial score (nSPS) is 13.4. The van der Waals surface area contributed by atoms with Crippen molar-refractivity contribution in [1.29, 1.82) is 0 Å². The van der Waals surface area contributed by atoms with Gasteiger partial charge in [0, 0.05) is 0 Å². The third-order valence-electron chi connectivity index (χ3n) is 2.81. The standard InChI is InChI=1S/C11H20N2O/c1-3-9(4-2)8-10(13-12)11-6-5-7-14-11/h5-7,9-10,13H,3-4,8,12H2,1-2H3. The number of rotatable bonds is 6. The Hall–Kier alpha value is -0.800. The number of nitrogens with two attached hydrogens (primary N) is 1. The van der Waals surface area contributed by atoms with Crippen LogP contribution in [-0.4, -0.2) is 0 Å². The van der Waals surface area contributed by atoms with Gasteiger partial charge in [-0.25, -0.2) is 5.43 Å². The second-order valence-electron chi connectivity index (χ2n) is 3.65. The molecule has 0 spiro atoms. The molecular weight excluding hydrogens is 176 g/mol. The molecule has 0 fully saturated rings. The van der Waals surface area contributed by atoms with Gasteiger partial charge in [0.1, 0.15) is 5.76 Å². The number of furan rings is 1.